The maximum atomic E-state index is 14.5. The molecule has 20 N–H and O–H groups in total. The van der Waals surface area contributed by atoms with Crippen LogP contribution in [0.25, 0.3) is 0 Å². The van der Waals surface area contributed by atoms with E-state index < -0.39 is 114 Å². The zero-order valence-corrected chi connectivity index (χ0v) is 40.9. The van der Waals surface area contributed by atoms with E-state index in [1.54, 1.807) is 44.2 Å². The van der Waals surface area contributed by atoms with Crippen LogP contribution in [0.3, 0.4) is 0 Å². The Bertz CT molecular complexity index is 2150. The van der Waals surface area contributed by atoms with Crippen LogP contribution in [-0.4, -0.2) is 155 Å². The Morgan fingerprint density at radius 1 is 0.694 bits per heavy atom. The average molecular weight is 1010 g/mol. The monoisotopic (exact) mass is 1010 g/mol. The first-order valence-electron chi connectivity index (χ1n) is 23.8. The molecule has 0 aliphatic carbocycles. The van der Waals surface area contributed by atoms with E-state index in [0.717, 1.165) is 0 Å². The van der Waals surface area contributed by atoms with Crippen LogP contribution in [0.1, 0.15) is 90.5 Å². The van der Waals surface area contributed by atoms with E-state index in [1.165, 1.54) is 11.8 Å². The number of rotatable bonds is 29. The SMILES string of the molecule is CC(C)C[C@H](NC(=O)[C@H](Cc1ccccc1)NC(=O)[C@@H]1CCC(=O)N1)C(=O)N[C@H](C(=O)N[C@@H](CCCN=C(N)N)C(=O)N1CCC[C@H]1C(=O)N[C@@H](CCCN=C(N)N)C(=O)N[C@@H](CC(N)=O)C(N)=O)[C@@H](C)O. The molecule has 27 heteroatoms. The van der Waals surface area contributed by atoms with Crippen molar-refractivity contribution >= 4 is 71.0 Å². The average Bonchev–Trinajstić information content (AvgIpc) is 3.98. The fourth-order valence-corrected chi connectivity index (χ4v) is 8.04. The van der Waals surface area contributed by atoms with Gasteiger partial charge < -0.3 is 81.6 Å². The number of benzene rings is 1. The highest BCUT2D eigenvalue weighted by molar-refractivity contribution is 5.99. The number of amides is 10. The van der Waals surface area contributed by atoms with Gasteiger partial charge >= 0.3 is 0 Å². The van der Waals surface area contributed by atoms with Crippen LogP contribution < -0.4 is 71.6 Å². The van der Waals surface area contributed by atoms with Crippen molar-refractivity contribution in [2.45, 2.75) is 146 Å². The van der Waals surface area contributed by atoms with Crippen molar-refractivity contribution in [3.8, 4) is 0 Å². The number of likely N-dealkylation sites (tertiary alicyclic amines) is 1. The van der Waals surface area contributed by atoms with Crippen molar-refractivity contribution in [1.29, 1.82) is 0 Å². The van der Waals surface area contributed by atoms with Gasteiger partial charge in [0.25, 0.3) is 0 Å². The van der Waals surface area contributed by atoms with Gasteiger partial charge in [-0.3, -0.25) is 57.9 Å². The Labute approximate surface area is 417 Å². The maximum absolute atomic E-state index is 14.5. The molecule has 2 fully saturated rings. The highest BCUT2D eigenvalue weighted by Gasteiger charge is 2.41. The molecule has 10 amide bonds. The summed E-state index contributed by atoms with van der Waals surface area (Å²) in [7, 11) is 0. The lowest BCUT2D eigenvalue weighted by atomic mass is 10.00. The van der Waals surface area contributed by atoms with Gasteiger partial charge in [-0.05, 0) is 69.8 Å². The Hall–Kier alpha value is -7.58. The third kappa shape index (κ3) is 19.7. The molecule has 0 bridgehead atoms. The minimum Gasteiger partial charge on any atom is -0.391 e. The zero-order valence-electron chi connectivity index (χ0n) is 40.9. The standard InChI is InChI=1S/C45H72N16O11/c1-23(2)20-30(58-39(68)31(21-25-10-5-4-6-11-25)59-38(67)27-15-16-34(64)54-27)40(69)60-35(24(3)62)42(71)56-28(13-8-18-53-45(50)51)43(72)61-19-9-14-32(61)41(70)55-26(12-7-17-52-44(48)49)37(66)57-29(36(47)65)22-33(46)63/h4-6,10-11,23-24,26-32,35,62H,7-9,12-22H2,1-3H3,(H2,46,63)(H2,47,65)(H,54,64)(H,55,70)(H,56,71)(H,57,66)(H,58,68)(H,59,67)(H,60,69)(H4,48,49,52)(H4,50,51,53)/t24-,26+,27+,28+,29+,30+,31+,32+,35+/m1/s1. The summed E-state index contributed by atoms with van der Waals surface area (Å²) in [5.74, 6) is -8.55. The van der Waals surface area contributed by atoms with Gasteiger partial charge in [0, 0.05) is 32.5 Å². The number of aliphatic hydroxyl groups excluding tert-OH is 1. The van der Waals surface area contributed by atoms with Crippen LogP contribution in [0.5, 0.6) is 0 Å². The van der Waals surface area contributed by atoms with Crippen LogP contribution in [0.15, 0.2) is 40.3 Å². The summed E-state index contributed by atoms with van der Waals surface area (Å²) in [6, 6.07) is -1.67. The number of hydrogen-bond acceptors (Lipinski definition) is 13. The quantitative estimate of drug-likeness (QED) is 0.0202. The summed E-state index contributed by atoms with van der Waals surface area (Å²) in [4.78, 5) is 142. The van der Waals surface area contributed by atoms with Crippen molar-refractivity contribution in [1.82, 2.24) is 42.1 Å². The van der Waals surface area contributed by atoms with Gasteiger partial charge in [0.15, 0.2) is 11.9 Å². The number of aliphatic hydroxyl groups is 1. The third-order valence-corrected chi connectivity index (χ3v) is 11.7. The molecule has 0 aromatic heterocycles. The molecular weight excluding hydrogens is 941 g/mol. The molecular formula is C45H72N16O11. The van der Waals surface area contributed by atoms with E-state index in [-0.39, 0.29) is 101 Å². The van der Waals surface area contributed by atoms with Gasteiger partial charge in [-0.25, -0.2) is 0 Å². The molecule has 2 aliphatic heterocycles. The Balaban J connectivity index is 1.86. The second-order valence-corrected chi connectivity index (χ2v) is 18.2. The van der Waals surface area contributed by atoms with Gasteiger partial charge in [0.2, 0.25) is 59.1 Å². The summed E-state index contributed by atoms with van der Waals surface area (Å²) in [6.07, 6.45) is -1.15. The van der Waals surface area contributed by atoms with Gasteiger partial charge in [-0.2, -0.15) is 0 Å². The summed E-state index contributed by atoms with van der Waals surface area (Å²) in [5, 5.41) is 28.9. The number of carbonyl (C=O) groups excluding carboxylic acids is 10. The van der Waals surface area contributed by atoms with Gasteiger partial charge in [-0.15, -0.1) is 0 Å². The molecule has 2 aliphatic rings. The normalized spacial score (nSPS) is 18.1. The molecule has 0 radical (unpaired) electrons. The van der Waals surface area contributed by atoms with E-state index in [0.29, 0.717) is 12.0 Å². The van der Waals surface area contributed by atoms with Gasteiger partial charge in [0.05, 0.1) is 12.5 Å². The van der Waals surface area contributed by atoms with Crippen LogP contribution in [0.4, 0.5) is 0 Å². The number of nitrogens with two attached hydrogens (primary N) is 6. The maximum Gasteiger partial charge on any atom is 0.245 e. The van der Waals surface area contributed by atoms with Gasteiger partial charge in [0.1, 0.15) is 48.3 Å². The molecule has 27 nitrogen and oxygen atoms in total. The number of primary amides is 2. The summed E-state index contributed by atoms with van der Waals surface area (Å²) < 4.78 is 0. The number of carbonyl (C=O) groups is 10. The molecule has 72 heavy (non-hydrogen) atoms. The van der Waals surface area contributed by atoms with Crippen molar-refractivity contribution in [3.05, 3.63) is 35.9 Å². The number of aliphatic imine (C=N–C) groups is 2. The molecule has 0 saturated carbocycles. The number of guanidine groups is 2. The number of nitrogens with one attached hydrogen (secondary N) is 7. The van der Waals surface area contributed by atoms with E-state index in [9.17, 15) is 53.1 Å². The first kappa shape index (κ1) is 58.7. The second-order valence-electron chi connectivity index (χ2n) is 18.2. The minimum absolute atomic E-state index is 0.0261. The van der Waals surface area contributed by atoms with Crippen LogP contribution >= 0.6 is 0 Å². The highest BCUT2D eigenvalue weighted by Crippen LogP contribution is 2.21. The van der Waals surface area contributed by atoms with Crippen LogP contribution in [0.2, 0.25) is 0 Å². The van der Waals surface area contributed by atoms with E-state index >= 15 is 0 Å². The Morgan fingerprint density at radius 2 is 1.25 bits per heavy atom. The summed E-state index contributed by atoms with van der Waals surface area (Å²) >= 11 is 0. The molecule has 0 unspecified atom stereocenters. The van der Waals surface area contributed by atoms with Crippen molar-refractivity contribution in [3.63, 3.8) is 0 Å². The van der Waals surface area contributed by atoms with E-state index in [1.807, 2.05) is 0 Å². The van der Waals surface area contributed by atoms with Crippen molar-refractivity contribution in [2.24, 2.45) is 50.3 Å². The molecule has 2 heterocycles. The molecule has 1 aromatic carbocycles. The van der Waals surface area contributed by atoms with E-state index in [4.69, 9.17) is 34.4 Å². The minimum atomic E-state index is -1.70. The fraction of sp³-hybridized carbons (Fsp3) is 0.600. The second kappa shape index (κ2) is 28.9. The fourth-order valence-electron chi connectivity index (χ4n) is 8.04. The lowest BCUT2D eigenvalue weighted by molar-refractivity contribution is -0.143. The largest absolute Gasteiger partial charge is 0.391 e. The first-order chi connectivity index (χ1) is 34.0. The molecule has 2 saturated heterocycles. The zero-order chi connectivity index (χ0) is 53.7. The predicted octanol–water partition coefficient (Wildman–Crippen LogP) is -5.70. The smallest absolute Gasteiger partial charge is 0.245 e. The number of hydrogen-bond donors (Lipinski definition) is 14. The number of nitrogens with zero attached hydrogens (tertiary/aromatic N) is 3. The Kier molecular flexibility index (Phi) is 23.6. The first-order valence-corrected chi connectivity index (χ1v) is 23.8. The Morgan fingerprint density at radius 3 is 1.79 bits per heavy atom. The van der Waals surface area contributed by atoms with Gasteiger partial charge in [-0.1, -0.05) is 44.2 Å². The summed E-state index contributed by atoms with van der Waals surface area (Å²) in [5.41, 5.74) is 33.1. The highest BCUT2D eigenvalue weighted by atomic mass is 16.3. The molecule has 3 rings (SSSR count). The van der Waals surface area contributed by atoms with Crippen LogP contribution in [0, 0.1) is 5.92 Å². The molecule has 398 valence electrons. The van der Waals surface area contributed by atoms with Crippen molar-refractivity contribution < 1.29 is 53.1 Å². The molecule has 9 atom stereocenters. The third-order valence-electron chi connectivity index (χ3n) is 11.7. The summed E-state index contributed by atoms with van der Waals surface area (Å²) in [6.45, 7) is 4.92. The van der Waals surface area contributed by atoms with E-state index in [2.05, 4.69) is 47.2 Å². The molecule has 0 spiro atoms. The predicted molar refractivity (Wildman–Crippen MR) is 262 cm³/mol. The lowest BCUT2D eigenvalue weighted by Gasteiger charge is -2.31. The topological polar surface area (TPSA) is 459 Å². The van der Waals surface area contributed by atoms with Crippen molar-refractivity contribution in [2.75, 3.05) is 19.6 Å². The van der Waals surface area contributed by atoms with Crippen LogP contribution in [-0.2, 0) is 54.4 Å². The lowest BCUT2D eigenvalue weighted by Crippen LogP contribution is -2.62. The molecule has 1 aromatic rings.